The van der Waals surface area contributed by atoms with Crippen molar-refractivity contribution >= 4 is 22.8 Å². The van der Waals surface area contributed by atoms with Crippen molar-refractivity contribution in [3.63, 3.8) is 0 Å². The van der Waals surface area contributed by atoms with Gasteiger partial charge in [0.1, 0.15) is 17.1 Å². The Balaban J connectivity index is 1.66. The molecule has 1 aromatic heterocycles. The number of nitrogens with zero attached hydrogens (tertiary/aromatic N) is 2. The molecule has 35 heavy (non-hydrogen) atoms. The summed E-state index contributed by atoms with van der Waals surface area (Å²) in [6.07, 6.45) is 0. The average molecular weight is 463 g/mol. The number of hydrogen-bond acceptors (Lipinski definition) is 4. The highest BCUT2D eigenvalue weighted by molar-refractivity contribution is 6.10. The van der Waals surface area contributed by atoms with Gasteiger partial charge in [0, 0.05) is 23.2 Å². The van der Waals surface area contributed by atoms with Crippen molar-refractivity contribution in [1.82, 2.24) is 9.55 Å². The molecule has 0 radical (unpaired) electrons. The fraction of sp³-hybridized carbons (Fsp3) is 0.0690. The Hall–Kier alpha value is -4.71. The van der Waals surface area contributed by atoms with Gasteiger partial charge in [-0.3, -0.25) is 4.79 Å². The molecule has 1 heterocycles. The Morgan fingerprint density at radius 1 is 0.857 bits per heavy atom. The lowest BCUT2D eigenvalue weighted by molar-refractivity contribution is 0.0693. The van der Waals surface area contributed by atoms with Gasteiger partial charge in [0.05, 0.1) is 18.1 Å². The molecule has 0 aliphatic carbocycles. The number of carboxylic acids is 1. The molecule has 0 spiro atoms. The molecule has 0 aliphatic rings. The number of aromatic nitrogens is 2. The van der Waals surface area contributed by atoms with Gasteiger partial charge in [-0.15, -0.1) is 0 Å². The van der Waals surface area contributed by atoms with E-state index in [-0.39, 0.29) is 17.1 Å². The number of aromatic carboxylic acids is 1. The molecule has 1 N–H and O–H groups in total. The summed E-state index contributed by atoms with van der Waals surface area (Å²) < 4.78 is 7.40. The Labute approximate surface area is 202 Å². The zero-order chi connectivity index (χ0) is 24.4. The number of ether oxygens (including phenoxy) is 1. The van der Waals surface area contributed by atoms with E-state index in [4.69, 9.17) is 9.72 Å². The number of fused-ring (bicyclic) bond motifs is 1. The number of imidazole rings is 1. The van der Waals surface area contributed by atoms with Crippen LogP contribution in [0.2, 0.25) is 0 Å². The normalized spacial score (nSPS) is 10.9. The van der Waals surface area contributed by atoms with Crippen molar-refractivity contribution in [3.05, 3.63) is 119 Å². The van der Waals surface area contributed by atoms with Crippen LogP contribution in [0, 0.1) is 0 Å². The first kappa shape index (κ1) is 22.1. The van der Waals surface area contributed by atoms with Crippen LogP contribution in [0.15, 0.2) is 97.1 Å². The smallest absolute Gasteiger partial charge is 0.339 e. The zero-order valence-corrected chi connectivity index (χ0v) is 19.0. The van der Waals surface area contributed by atoms with E-state index in [9.17, 15) is 14.7 Å². The van der Waals surface area contributed by atoms with E-state index in [1.54, 1.807) is 30.3 Å². The molecule has 0 aliphatic heterocycles. The summed E-state index contributed by atoms with van der Waals surface area (Å²) in [4.78, 5) is 29.5. The first-order valence-electron chi connectivity index (χ1n) is 11.1. The standard InChI is InChI=1S/C29H22N2O4/c1-35-26-17-22(12-14-23(26)29(33)34)28-30-24-16-21(27(32)20-10-6-3-7-11-20)13-15-25(24)31(28)18-19-8-4-2-5-9-19/h2-17H,18H2,1H3,(H,33,34). The number of rotatable bonds is 7. The molecule has 6 nitrogen and oxygen atoms in total. The summed E-state index contributed by atoms with van der Waals surface area (Å²) in [7, 11) is 1.44. The molecule has 0 unspecified atom stereocenters. The molecule has 5 rings (SSSR count). The third kappa shape index (κ3) is 4.29. The third-order valence-corrected chi connectivity index (χ3v) is 5.92. The lowest BCUT2D eigenvalue weighted by atomic mass is 10.0. The number of methoxy groups -OCH3 is 1. The molecular weight excluding hydrogens is 440 g/mol. The minimum Gasteiger partial charge on any atom is -0.496 e. The van der Waals surface area contributed by atoms with Gasteiger partial charge in [-0.25, -0.2) is 9.78 Å². The van der Waals surface area contributed by atoms with Gasteiger partial charge >= 0.3 is 5.97 Å². The third-order valence-electron chi connectivity index (χ3n) is 5.92. The van der Waals surface area contributed by atoms with E-state index >= 15 is 0 Å². The topological polar surface area (TPSA) is 81.4 Å². The maximum Gasteiger partial charge on any atom is 0.339 e. The van der Waals surface area contributed by atoms with Gasteiger partial charge in [0.25, 0.3) is 0 Å². The summed E-state index contributed by atoms with van der Waals surface area (Å²) in [5, 5.41) is 9.47. The number of benzene rings is 4. The van der Waals surface area contributed by atoms with Crippen LogP contribution in [-0.4, -0.2) is 33.5 Å². The summed E-state index contributed by atoms with van der Waals surface area (Å²) >= 11 is 0. The van der Waals surface area contributed by atoms with Crippen LogP contribution < -0.4 is 4.74 Å². The lowest BCUT2D eigenvalue weighted by Gasteiger charge is -2.12. The van der Waals surface area contributed by atoms with E-state index < -0.39 is 5.97 Å². The first-order valence-corrected chi connectivity index (χ1v) is 11.1. The van der Waals surface area contributed by atoms with E-state index in [0.717, 1.165) is 16.6 Å². The van der Waals surface area contributed by atoms with Crippen LogP contribution in [0.1, 0.15) is 31.8 Å². The second-order valence-corrected chi connectivity index (χ2v) is 8.13. The number of hydrogen-bond donors (Lipinski definition) is 1. The maximum absolute atomic E-state index is 13.0. The summed E-state index contributed by atoms with van der Waals surface area (Å²) in [5.41, 5.74) is 4.61. The summed E-state index contributed by atoms with van der Waals surface area (Å²) in [6, 6.07) is 29.6. The quantitative estimate of drug-likeness (QED) is 0.314. The van der Waals surface area contributed by atoms with Gasteiger partial charge in [0.15, 0.2) is 5.78 Å². The van der Waals surface area contributed by atoms with E-state index in [2.05, 4.69) is 4.57 Å². The molecule has 6 heteroatoms. The maximum atomic E-state index is 13.0. The van der Waals surface area contributed by atoms with Crippen molar-refractivity contribution in [2.24, 2.45) is 0 Å². The highest BCUT2D eigenvalue weighted by atomic mass is 16.5. The molecule has 0 fully saturated rings. The van der Waals surface area contributed by atoms with Gasteiger partial charge < -0.3 is 14.4 Å². The highest BCUT2D eigenvalue weighted by Crippen LogP contribution is 2.31. The monoisotopic (exact) mass is 462 g/mol. The average Bonchev–Trinajstić information content (AvgIpc) is 3.26. The molecule has 0 atom stereocenters. The molecule has 5 aromatic rings. The predicted octanol–water partition coefficient (Wildman–Crippen LogP) is 5.69. The largest absolute Gasteiger partial charge is 0.496 e. The van der Waals surface area contributed by atoms with Crippen LogP contribution in [0.4, 0.5) is 0 Å². The van der Waals surface area contributed by atoms with Gasteiger partial charge in [0.2, 0.25) is 0 Å². The minimum atomic E-state index is -1.06. The van der Waals surface area contributed by atoms with Crippen molar-refractivity contribution in [1.29, 1.82) is 0 Å². The van der Waals surface area contributed by atoms with Crippen molar-refractivity contribution < 1.29 is 19.4 Å². The lowest BCUT2D eigenvalue weighted by Crippen LogP contribution is -2.04. The molecular formula is C29H22N2O4. The molecule has 172 valence electrons. The molecule has 0 bridgehead atoms. The van der Waals surface area contributed by atoms with E-state index in [0.29, 0.717) is 29.0 Å². The number of carboxylic acid groups (broad SMARTS) is 1. The van der Waals surface area contributed by atoms with Crippen LogP contribution in [0.25, 0.3) is 22.4 Å². The highest BCUT2D eigenvalue weighted by Gasteiger charge is 2.19. The van der Waals surface area contributed by atoms with Gasteiger partial charge in [-0.05, 0) is 35.9 Å². The van der Waals surface area contributed by atoms with Crippen molar-refractivity contribution in [2.75, 3.05) is 7.11 Å². The van der Waals surface area contributed by atoms with Gasteiger partial charge in [-0.1, -0.05) is 66.7 Å². The number of ketones is 1. The summed E-state index contributed by atoms with van der Waals surface area (Å²) in [5.74, 6) is -0.217. The zero-order valence-electron chi connectivity index (χ0n) is 19.0. The van der Waals surface area contributed by atoms with Crippen LogP contribution in [-0.2, 0) is 6.54 Å². The van der Waals surface area contributed by atoms with Crippen LogP contribution >= 0.6 is 0 Å². The van der Waals surface area contributed by atoms with E-state index in [1.165, 1.54) is 13.2 Å². The second kappa shape index (κ2) is 9.27. The van der Waals surface area contributed by atoms with Crippen LogP contribution in [0.5, 0.6) is 5.75 Å². The first-order chi connectivity index (χ1) is 17.0. The molecule has 0 amide bonds. The van der Waals surface area contributed by atoms with Crippen LogP contribution in [0.3, 0.4) is 0 Å². The van der Waals surface area contributed by atoms with E-state index in [1.807, 2.05) is 60.7 Å². The summed E-state index contributed by atoms with van der Waals surface area (Å²) in [6.45, 7) is 0.557. The Morgan fingerprint density at radius 3 is 2.26 bits per heavy atom. The second-order valence-electron chi connectivity index (χ2n) is 8.13. The molecule has 0 saturated carbocycles. The minimum absolute atomic E-state index is 0.0702. The van der Waals surface area contributed by atoms with Crippen molar-refractivity contribution in [2.45, 2.75) is 6.54 Å². The molecule has 0 saturated heterocycles. The van der Waals surface area contributed by atoms with Gasteiger partial charge in [-0.2, -0.15) is 0 Å². The van der Waals surface area contributed by atoms with Crippen molar-refractivity contribution in [3.8, 4) is 17.1 Å². The Morgan fingerprint density at radius 2 is 1.57 bits per heavy atom. The number of carbonyl (C=O) groups is 2. The Kier molecular flexibility index (Phi) is 5.85. The number of carbonyl (C=O) groups excluding carboxylic acids is 1. The fourth-order valence-corrected chi connectivity index (χ4v) is 4.18. The SMILES string of the molecule is COc1cc(-c2nc3cc(C(=O)c4ccccc4)ccc3n2Cc2ccccc2)ccc1C(=O)O. The predicted molar refractivity (Wildman–Crippen MR) is 134 cm³/mol. The Bertz CT molecular complexity index is 1540. The molecule has 4 aromatic carbocycles. The fourth-order valence-electron chi connectivity index (χ4n) is 4.18.